The van der Waals surface area contributed by atoms with Crippen LogP contribution in [0.4, 0.5) is 15.9 Å². The number of aromatic nitrogens is 4. The number of halogens is 1. The quantitative estimate of drug-likeness (QED) is 0.603. The molecule has 0 aliphatic heterocycles. The molecule has 0 saturated carbocycles. The van der Waals surface area contributed by atoms with Crippen molar-refractivity contribution in [2.75, 3.05) is 5.32 Å². The van der Waals surface area contributed by atoms with Crippen LogP contribution in [0.3, 0.4) is 0 Å². The van der Waals surface area contributed by atoms with Gasteiger partial charge >= 0.3 is 5.69 Å². The van der Waals surface area contributed by atoms with E-state index < -0.39 is 0 Å². The minimum Gasteiger partial charge on any atom is -0.340 e. The summed E-state index contributed by atoms with van der Waals surface area (Å²) in [6.45, 7) is 4.03. The van der Waals surface area contributed by atoms with Gasteiger partial charge < -0.3 is 5.32 Å². The molecule has 1 N–H and O–H groups in total. The van der Waals surface area contributed by atoms with Gasteiger partial charge in [-0.25, -0.2) is 18.3 Å². The van der Waals surface area contributed by atoms with Crippen molar-refractivity contribution in [3.8, 4) is 0 Å². The second-order valence-electron chi connectivity index (χ2n) is 6.48. The Morgan fingerprint density at radius 2 is 1.85 bits per heavy atom. The number of hydrogen-bond donors (Lipinski definition) is 1. The number of rotatable bonds is 4. The molecule has 2 aromatic heterocycles. The summed E-state index contributed by atoms with van der Waals surface area (Å²) in [7, 11) is 0. The van der Waals surface area contributed by atoms with Crippen LogP contribution in [0.15, 0.2) is 59.4 Å². The van der Waals surface area contributed by atoms with E-state index in [1.807, 2.05) is 38.1 Å². The van der Waals surface area contributed by atoms with Crippen molar-refractivity contribution < 1.29 is 4.39 Å². The van der Waals surface area contributed by atoms with Crippen molar-refractivity contribution in [3.05, 3.63) is 87.7 Å². The first-order valence-corrected chi connectivity index (χ1v) is 8.55. The molecule has 6 nitrogen and oxygen atoms in total. The summed E-state index contributed by atoms with van der Waals surface area (Å²) in [5.41, 5.74) is 3.14. The highest BCUT2D eigenvalue weighted by Gasteiger charge is 2.12. The lowest BCUT2D eigenvalue weighted by atomic mass is 10.2. The summed E-state index contributed by atoms with van der Waals surface area (Å²) in [4.78, 5) is 17.1. The number of benzene rings is 2. The highest BCUT2D eigenvalue weighted by Crippen LogP contribution is 2.17. The molecule has 0 saturated heterocycles. The van der Waals surface area contributed by atoms with E-state index in [2.05, 4.69) is 15.4 Å². The molecule has 2 aromatic carbocycles. The molecule has 0 aliphatic rings. The van der Waals surface area contributed by atoms with Crippen LogP contribution in [0, 0.1) is 19.7 Å². The van der Waals surface area contributed by atoms with Crippen LogP contribution in [-0.2, 0) is 6.54 Å². The van der Waals surface area contributed by atoms with Crippen LogP contribution in [-0.4, -0.2) is 19.2 Å². The molecule has 4 aromatic rings. The third-order valence-electron chi connectivity index (χ3n) is 4.29. The third-order valence-corrected chi connectivity index (χ3v) is 4.29. The number of nitrogens with one attached hydrogen (secondary N) is 1. The van der Waals surface area contributed by atoms with Crippen LogP contribution in [0.5, 0.6) is 0 Å². The smallest absolute Gasteiger partial charge is 0.340 e. The predicted octanol–water partition coefficient (Wildman–Crippen LogP) is 3.44. The van der Waals surface area contributed by atoms with Gasteiger partial charge in [0.2, 0.25) is 0 Å². The fourth-order valence-electron chi connectivity index (χ4n) is 2.94. The molecule has 0 radical (unpaired) electrons. The zero-order chi connectivity index (χ0) is 19.0. The monoisotopic (exact) mass is 363 g/mol. The Labute approximate surface area is 154 Å². The van der Waals surface area contributed by atoms with Gasteiger partial charge in [-0.15, -0.1) is 5.10 Å². The maximum Gasteiger partial charge on any atom is 0.352 e. The van der Waals surface area contributed by atoms with Crippen LogP contribution in [0.25, 0.3) is 5.78 Å². The first kappa shape index (κ1) is 17.0. The number of anilines is 2. The van der Waals surface area contributed by atoms with Gasteiger partial charge in [-0.1, -0.05) is 29.8 Å². The molecule has 2 heterocycles. The molecule has 0 atom stereocenters. The Morgan fingerprint density at radius 3 is 2.59 bits per heavy atom. The van der Waals surface area contributed by atoms with E-state index in [1.54, 1.807) is 18.2 Å². The Hall–Kier alpha value is -3.48. The van der Waals surface area contributed by atoms with E-state index in [0.29, 0.717) is 22.9 Å². The number of fused-ring (bicyclic) bond motifs is 1. The van der Waals surface area contributed by atoms with E-state index in [4.69, 9.17) is 0 Å². The number of aryl methyl sites for hydroxylation is 2. The summed E-state index contributed by atoms with van der Waals surface area (Å²) in [6.07, 6.45) is 0. The Bertz CT molecular complexity index is 1180. The van der Waals surface area contributed by atoms with Crippen molar-refractivity contribution in [1.29, 1.82) is 0 Å². The van der Waals surface area contributed by atoms with Gasteiger partial charge in [-0.3, -0.25) is 0 Å². The summed E-state index contributed by atoms with van der Waals surface area (Å²) in [5.74, 6) is 0.556. The Balaban J connectivity index is 1.70. The van der Waals surface area contributed by atoms with E-state index in [0.717, 1.165) is 5.69 Å². The minimum atomic E-state index is -0.344. The molecule has 0 spiro atoms. The lowest BCUT2D eigenvalue weighted by Gasteiger charge is -2.07. The van der Waals surface area contributed by atoms with Crippen molar-refractivity contribution in [2.24, 2.45) is 0 Å². The molecule has 0 fully saturated rings. The van der Waals surface area contributed by atoms with Gasteiger partial charge in [0.25, 0.3) is 5.78 Å². The zero-order valence-corrected chi connectivity index (χ0v) is 15.0. The lowest BCUT2D eigenvalue weighted by molar-refractivity contribution is 0.615. The maximum atomic E-state index is 13.4. The highest BCUT2D eigenvalue weighted by molar-refractivity contribution is 5.58. The molecule has 0 bridgehead atoms. The minimum absolute atomic E-state index is 0.181. The largest absolute Gasteiger partial charge is 0.352 e. The first-order chi connectivity index (χ1) is 13.0. The van der Waals surface area contributed by atoms with Gasteiger partial charge in [-0.2, -0.15) is 4.98 Å². The average Bonchev–Trinajstić information content (AvgIpc) is 2.93. The SMILES string of the molecule is Cc1ccc(Nc2cc(C)n3c(=O)n(Cc4cccc(F)c4)nc3n2)cc1. The molecule has 4 rings (SSSR count). The molecule has 0 aliphatic carbocycles. The summed E-state index contributed by atoms with van der Waals surface area (Å²) >= 11 is 0. The van der Waals surface area contributed by atoms with Gasteiger partial charge in [0.15, 0.2) is 0 Å². The molecule has 27 heavy (non-hydrogen) atoms. The predicted molar refractivity (Wildman–Crippen MR) is 102 cm³/mol. The topological polar surface area (TPSA) is 64.2 Å². The number of nitrogens with zero attached hydrogens (tertiary/aromatic N) is 4. The van der Waals surface area contributed by atoms with E-state index >= 15 is 0 Å². The van der Waals surface area contributed by atoms with Crippen LogP contribution in [0.1, 0.15) is 16.8 Å². The van der Waals surface area contributed by atoms with Gasteiger partial charge in [0, 0.05) is 17.4 Å². The first-order valence-electron chi connectivity index (χ1n) is 8.55. The van der Waals surface area contributed by atoms with Crippen LogP contribution >= 0.6 is 0 Å². The fraction of sp³-hybridized carbons (Fsp3) is 0.150. The fourth-order valence-corrected chi connectivity index (χ4v) is 2.94. The van der Waals surface area contributed by atoms with Crippen LogP contribution < -0.4 is 11.0 Å². The van der Waals surface area contributed by atoms with Crippen molar-refractivity contribution >= 4 is 17.3 Å². The summed E-state index contributed by atoms with van der Waals surface area (Å²) < 4.78 is 16.1. The van der Waals surface area contributed by atoms with Gasteiger partial charge in [0.1, 0.15) is 11.6 Å². The van der Waals surface area contributed by atoms with E-state index in [1.165, 1.54) is 26.8 Å². The van der Waals surface area contributed by atoms with Crippen molar-refractivity contribution in [2.45, 2.75) is 20.4 Å². The van der Waals surface area contributed by atoms with Gasteiger partial charge in [0.05, 0.1) is 6.54 Å². The van der Waals surface area contributed by atoms with Crippen molar-refractivity contribution in [1.82, 2.24) is 19.2 Å². The second kappa shape index (κ2) is 6.68. The van der Waals surface area contributed by atoms with Crippen molar-refractivity contribution in [3.63, 3.8) is 0 Å². The molecule has 0 amide bonds. The number of hydrogen-bond acceptors (Lipinski definition) is 4. The van der Waals surface area contributed by atoms with Gasteiger partial charge in [-0.05, 0) is 43.7 Å². The Kier molecular flexibility index (Phi) is 4.19. The standard InChI is InChI=1S/C20H18FN5O/c1-13-6-8-17(9-7-13)22-18-10-14(2)26-19(23-18)24-25(20(26)27)12-15-4-3-5-16(21)11-15/h3-11H,12H2,1-2H3,(H,22,23,24). The molecule has 0 unspecified atom stereocenters. The molecular weight excluding hydrogens is 345 g/mol. The maximum absolute atomic E-state index is 13.4. The third kappa shape index (κ3) is 3.44. The van der Waals surface area contributed by atoms with Crippen LogP contribution in [0.2, 0.25) is 0 Å². The Morgan fingerprint density at radius 1 is 1.07 bits per heavy atom. The molecule has 136 valence electrons. The lowest BCUT2D eigenvalue weighted by Crippen LogP contribution is -2.23. The summed E-state index contributed by atoms with van der Waals surface area (Å²) in [5, 5.41) is 7.53. The van der Waals surface area contributed by atoms with E-state index in [9.17, 15) is 9.18 Å². The van der Waals surface area contributed by atoms with E-state index in [-0.39, 0.29) is 18.1 Å². The summed E-state index contributed by atoms with van der Waals surface area (Å²) in [6, 6.07) is 15.9. The highest BCUT2D eigenvalue weighted by atomic mass is 19.1. The second-order valence-corrected chi connectivity index (χ2v) is 6.48. The molecule has 7 heteroatoms. The average molecular weight is 363 g/mol. The molecular formula is C20H18FN5O. The normalized spacial score (nSPS) is 11.1. The zero-order valence-electron chi connectivity index (χ0n) is 15.0.